The molecule has 1 saturated heterocycles. The summed E-state index contributed by atoms with van der Waals surface area (Å²) in [6.07, 6.45) is 3.48. The first-order valence-corrected chi connectivity index (χ1v) is 9.40. The van der Waals surface area contributed by atoms with Gasteiger partial charge in [-0.25, -0.2) is 9.97 Å². The maximum Gasteiger partial charge on any atom is 0.220 e. The molecular formula is C20H22N4O3. The fourth-order valence-electron chi connectivity index (χ4n) is 6.16. The maximum absolute atomic E-state index is 12.2. The van der Waals surface area contributed by atoms with Crippen molar-refractivity contribution in [1.82, 2.24) is 14.9 Å². The number of hydrogen-bond donors (Lipinski definition) is 2. The highest BCUT2D eigenvalue weighted by Crippen LogP contribution is 2.68. The molecule has 7 heteroatoms. The van der Waals surface area contributed by atoms with Gasteiger partial charge in [-0.3, -0.25) is 0 Å². The third-order valence-electron chi connectivity index (χ3n) is 7.31. The molecule has 7 nitrogen and oxygen atoms in total. The van der Waals surface area contributed by atoms with Crippen molar-refractivity contribution in [2.24, 2.45) is 0 Å². The molecule has 140 valence electrons. The van der Waals surface area contributed by atoms with E-state index in [-0.39, 0.29) is 18.1 Å². The van der Waals surface area contributed by atoms with Crippen LogP contribution in [0.2, 0.25) is 0 Å². The Hall–Kier alpha value is -2.38. The molecule has 2 aliphatic carbocycles. The standard InChI is InChI=1S/C20H22N4O3/c1-24-6-5-19-14-10-3-4-12(26-2)16(14)27-17(19)15-11(9-22-18(21)23-15)8-20(19,25)13(24)7-10/h3-4,9,13,17,25H,5-8H2,1-2H3,(H2,21,22,23)/t13-,17+,19+,20-/m1/s1. The van der Waals surface area contributed by atoms with E-state index in [0.717, 1.165) is 42.0 Å². The van der Waals surface area contributed by atoms with Gasteiger partial charge in [0, 0.05) is 24.2 Å². The molecule has 0 amide bonds. The third-order valence-corrected chi connectivity index (χ3v) is 7.31. The predicted molar refractivity (Wildman–Crippen MR) is 97.9 cm³/mol. The van der Waals surface area contributed by atoms with E-state index in [9.17, 15) is 5.11 Å². The van der Waals surface area contributed by atoms with Crippen LogP contribution in [0.4, 0.5) is 5.95 Å². The Morgan fingerprint density at radius 2 is 2.22 bits per heavy atom. The van der Waals surface area contributed by atoms with Gasteiger partial charge in [0.15, 0.2) is 17.6 Å². The monoisotopic (exact) mass is 366 g/mol. The van der Waals surface area contributed by atoms with Crippen LogP contribution in [0.25, 0.3) is 0 Å². The van der Waals surface area contributed by atoms with Gasteiger partial charge in [0.25, 0.3) is 0 Å². The Morgan fingerprint density at radius 3 is 3.04 bits per heavy atom. The van der Waals surface area contributed by atoms with E-state index in [1.165, 1.54) is 5.56 Å². The molecule has 1 aromatic heterocycles. The van der Waals surface area contributed by atoms with Crippen LogP contribution in [0.1, 0.15) is 34.9 Å². The van der Waals surface area contributed by atoms with Crippen molar-refractivity contribution in [1.29, 1.82) is 0 Å². The molecule has 1 fully saturated rings. The first-order valence-electron chi connectivity index (χ1n) is 9.40. The van der Waals surface area contributed by atoms with Crippen LogP contribution in [0.15, 0.2) is 18.3 Å². The van der Waals surface area contributed by atoms with E-state index in [4.69, 9.17) is 15.2 Å². The van der Waals surface area contributed by atoms with Crippen molar-refractivity contribution in [3.05, 3.63) is 40.7 Å². The lowest BCUT2D eigenvalue weighted by Gasteiger charge is -2.62. The van der Waals surface area contributed by atoms with E-state index in [1.54, 1.807) is 13.3 Å². The molecule has 27 heavy (non-hydrogen) atoms. The van der Waals surface area contributed by atoms with Crippen LogP contribution < -0.4 is 15.2 Å². The first-order chi connectivity index (χ1) is 13.0. The number of benzene rings is 1. The highest BCUT2D eigenvalue weighted by molar-refractivity contribution is 5.64. The summed E-state index contributed by atoms with van der Waals surface area (Å²) < 4.78 is 12.1. The highest BCUT2D eigenvalue weighted by Gasteiger charge is 2.72. The Labute approximate surface area is 157 Å². The Balaban J connectivity index is 1.72. The number of piperidine rings is 1. The summed E-state index contributed by atoms with van der Waals surface area (Å²) in [5.74, 6) is 1.70. The van der Waals surface area contributed by atoms with Crippen LogP contribution >= 0.6 is 0 Å². The van der Waals surface area contributed by atoms with Gasteiger partial charge in [-0.2, -0.15) is 0 Å². The summed E-state index contributed by atoms with van der Waals surface area (Å²) in [5, 5.41) is 12.2. The van der Waals surface area contributed by atoms with E-state index < -0.39 is 11.0 Å². The number of fused-ring (bicyclic) bond motifs is 2. The van der Waals surface area contributed by atoms with Crippen molar-refractivity contribution < 1.29 is 14.6 Å². The number of methoxy groups -OCH3 is 1. The Morgan fingerprint density at radius 1 is 1.37 bits per heavy atom. The molecular weight excluding hydrogens is 344 g/mol. The van der Waals surface area contributed by atoms with E-state index >= 15 is 0 Å². The highest BCUT2D eigenvalue weighted by atomic mass is 16.5. The zero-order chi connectivity index (χ0) is 18.6. The van der Waals surface area contributed by atoms with Gasteiger partial charge >= 0.3 is 0 Å². The third kappa shape index (κ3) is 1.58. The van der Waals surface area contributed by atoms with Gasteiger partial charge in [0.2, 0.25) is 5.95 Å². The number of aliphatic hydroxyl groups is 1. The van der Waals surface area contributed by atoms with Crippen molar-refractivity contribution in [2.75, 3.05) is 26.4 Å². The molecule has 3 N–H and O–H groups in total. The van der Waals surface area contributed by atoms with Gasteiger partial charge < -0.3 is 25.2 Å². The van der Waals surface area contributed by atoms with E-state index in [1.807, 2.05) is 6.07 Å². The average Bonchev–Trinajstić information content (AvgIpc) is 3.00. The fourth-order valence-corrected chi connectivity index (χ4v) is 6.16. The lowest BCUT2D eigenvalue weighted by Crippen LogP contribution is -2.74. The Kier molecular flexibility index (Phi) is 2.73. The summed E-state index contributed by atoms with van der Waals surface area (Å²) >= 11 is 0. The van der Waals surface area contributed by atoms with Crippen LogP contribution in [0.3, 0.4) is 0 Å². The summed E-state index contributed by atoms with van der Waals surface area (Å²) in [7, 11) is 3.76. The normalized spacial score (nSPS) is 35.2. The molecule has 4 aliphatic rings. The number of likely N-dealkylation sites (N-methyl/N-ethyl adjacent to an activating group) is 1. The minimum Gasteiger partial charge on any atom is -0.493 e. The van der Waals surface area contributed by atoms with E-state index in [2.05, 4.69) is 28.0 Å². The van der Waals surface area contributed by atoms with Gasteiger partial charge in [-0.15, -0.1) is 0 Å². The fraction of sp³-hybridized carbons (Fsp3) is 0.500. The number of aromatic nitrogens is 2. The van der Waals surface area contributed by atoms with Crippen molar-refractivity contribution in [3.63, 3.8) is 0 Å². The summed E-state index contributed by atoms with van der Waals surface area (Å²) in [4.78, 5) is 11.0. The summed E-state index contributed by atoms with van der Waals surface area (Å²) in [5.41, 5.74) is 8.51. The number of ether oxygens (including phenoxy) is 2. The molecule has 6 rings (SSSR count). The minimum atomic E-state index is -0.943. The number of likely N-dealkylation sites (tertiary alicyclic amines) is 1. The molecule has 0 unspecified atom stereocenters. The molecule has 1 aromatic carbocycles. The number of anilines is 1. The average molecular weight is 366 g/mol. The molecule has 2 bridgehead atoms. The number of rotatable bonds is 1. The zero-order valence-electron chi connectivity index (χ0n) is 15.4. The van der Waals surface area contributed by atoms with Gasteiger partial charge in [-0.1, -0.05) is 6.07 Å². The number of hydrogen-bond acceptors (Lipinski definition) is 7. The van der Waals surface area contributed by atoms with Crippen molar-refractivity contribution >= 4 is 5.95 Å². The van der Waals surface area contributed by atoms with Gasteiger partial charge in [0.1, 0.15) is 0 Å². The quantitative estimate of drug-likeness (QED) is 0.777. The van der Waals surface area contributed by atoms with Crippen molar-refractivity contribution in [2.45, 2.75) is 42.4 Å². The van der Waals surface area contributed by atoms with Crippen LogP contribution in [-0.2, 0) is 18.3 Å². The lowest BCUT2D eigenvalue weighted by atomic mass is 9.49. The SMILES string of the molecule is COc1ccc2c3c1O[C@H]1c4nc(N)ncc4C[C@@]4(O)[C@@H](C2)N(C)CC[C@]314. The smallest absolute Gasteiger partial charge is 0.220 e. The van der Waals surface area contributed by atoms with E-state index in [0.29, 0.717) is 12.2 Å². The molecule has 3 heterocycles. The number of nitrogens with two attached hydrogens (primary N) is 1. The number of nitrogen functional groups attached to an aromatic ring is 1. The lowest BCUT2D eigenvalue weighted by molar-refractivity contribution is -0.168. The second kappa shape index (κ2) is 4.72. The zero-order valence-corrected chi connectivity index (χ0v) is 15.4. The van der Waals surface area contributed by atoms with Crippen LogP contribution in [-0.4, -0.2) is 52.3 Å². The minimum absolute atomic E-state index is 0.0231. The summed E-state index contributed by atoms with van der Waals surface area (Å²) in [6, 6.07) is 4.12. The maximum atomic E-state index is 12.2. The predicted octanol–water partition coefficient (Wildman–Crippen LogP) is 0.986. The van der Waals surface area contributed by atoms with Crippen LogP contribution in [0.5, 0.6) is 11.5 Å². The second-order valence-electron chi connectivity index (χ2n) is 8.29. The summed E-state index contributed by atoms with van der Waals surface area (Å²) in [6.45, 7) is 0.902. The van der Waals surface area contributed by atoms with Crippen LogP contribution in [0, 0.1) is 0 Å². The number of nitrogens with zero attached hydrogens (tertiary/aromatic N) is 3. The second-order valence-corrected chi connectivity index (χ2v) is 8.29. The van der Waals surface area contributed by atoms with Gasteiger partial charge in [-0.05, 0) is 43.6 Å². The molecule has 1 spiro atoms. The molecule has 2 aromatic rings. The van der Waals surface area contributed by atoms with Gasteiger partial charge in [0.05, 0.1) is 23.8 Å². The first kappa shape index (κ1) is 15.7. The topological polar surface area (TPSA) is 93.7 Å². The molecule has 0 radical (unpaired) electrons. The molecule has 4 atom stereocenters. The molecule has 0 saturated carbocycles. The largest absolute Gasteiger partial charge is 0.493 e. The Bertz CT molecular complexity index is 995. The van der Waals surface area contributed by atoms with Crippen molar-refractivity contribution in [3.8, 4) is 11.5 Å². The molecule has 2 aliphatic heterocycles.